The Balaban J connectivity index is 2.01. The Kier molecular flexibility index (Phi) is 4.82. The molecule has 0 aliphatic heterocycles. The van der Waals surface area contributed by atoms with E-state index in [1.54, 1.807) is 36.2 Å². The second-order valence-corrected chi connectivity index (χ2v) is 5.14. The van der Waals surface area contributed by atoms with Gasteiger partial charge in [0.25, 0.3) is 0 Å². The lowest BCUT2D eigenvalue weighted by molar-refractivity contribution is 0.0600. The van der Waals surface area contributed by atoms with Crippen LogP contribution in [0, 0.1) is 0 Å². The second kappa shape index (κ2) is 6.59. The van der Waals surface area contributed by atoms with Gasteiger partial charge in [-0.25, -0.2) is 9.78 Å². The SMILES string of the molecule is COC(=O)c1ccc(CSc2ncccc2Cl)cc1. The van der Waals surface area contributed by atoms with E-state index in [1.165, 1.54) is 7.11 Å². The van der Waals surface area contributed by atoms with Crippen LogP contribution in [0.15, 0.2) is 47.6 Å². The minimum absolute atomic E-state index is 0.327. The molecule has 5 heteroatoms. The minimum atomic E-state index is -0.327. The number of carbonyl (C=O) groups is 1. The maximum atomic E-state index is 11.3. The zero-order valence-electron chi connectivity index (χ0n) is 10.3. The van der Waals surface area contributed by atoms with E-state index in [0.717, 1.165) is 16.3 Å². The molecule has 0 aliphatic rings. The second-order valence-electron chi connectivity index (χ2n) is 3.77. The van der Waals surface area contributed by atoms with Crippen LogP contribution in [0.2, 0.25) is 5.02 Å². The van der Waals surface area contributed by atoms with Gasteiger partial charge in [0.15, 0.2) is 0 Å². The third-order valence-electron chi connectivity index (χ3n) is 2.48. The molecule has 0 spiro atoms. The lowest BCUT2D eigenvalue weighted by Crippen LogP contribution is -2.00. The first-order valence-corrected chi connectivity index (χ1v) is 6.97. The van der Waals surface area contributed by atoms with Crippen molar-refractivity contribution in [1.82, 2.24) is 4.98 Å². The zero-order chi connectivity index (χ0) is 13.7. The van der Waals surface area contributed by atoms with E-state index < -0.39 is 0 Å². The molecule has 0 fully saturated rings. The van der Waals surface area contributed by atoms with E-state index in [0.29, 0.717) is 10.6 Å². The average molecular weight is 294 g/mol. The fourth-order valence-corrected chi connectivity index (χ4v) is 2.61. The summed E-state index contributed by atoms with van der Waals surface area (Å²) in [6, 6.07) is 10.9. The van der Waals surface area contributed by atoms with Gasteiger partial charge < -0.3 is 4.74 Å². The molecule has 1 aromatic heterocycles. The number of aromatic nitrogens is 1. The maximum absolute atomic E-state index is 11.3. The zero-order valence-corrected chi connectivity index (χ0v) is 11.9. The Morgan fingerprint density at radius 3 is 2.68 bits per heavy atom. The predicted molar refractivity (Wildman–Crippen MR) is 76.6 cm³/mol. The van der Waals surface area contributed by atoms with E-state index in [2.05, 4.69) is 9.72 Å². The average Bonchev–Trinajstić information content (AvgIpc) is 2.46. The number of carbonyl (C=O) groups excluding carboxylic acids is 1. The standard InChI is InChI=1S/C14H12ClNO2S/c1-18-14(17)11-6-4-10(5-7-11)9-19-13-12(15)3-2-8-16-13/h2-8H,9H2,1H3. The molecule has 0 saturated heterocycles. The predicted octanol–water partition coefficient (Wildman–Crippen LogP) is 3.81. The fourth-order valence-electron chi connectivity index (χ4n) is 1.48. The van der Waals surface area contributed by atoms with Gasteiger partial charge in [0.05, 0.1) is 17.7 Å². The molecule has 0 radical (unpaired) electrons. The summed E-state index contributed by atoms with van der Waals surface area (Å²) < 4.78 is 4.65. The first-order valence-electron chi connectivity index (χ1n) is 5.61. The van der Waals surface area contributed by atoms with Crippen LogP contribution < -0.4 is 0 Å². The Bertz CT molecular complexity index is 572. The van der Waals surface area contributed by atoms with Crippen LogP contribution in [0.1, 0.15) is 15.9 Å². The molecule has 0 bridgehead atoms. The van der Waals surface area contributed by atoms with Gasteiger partial charge in [-0.3, -0.25) is 0 Å². The van der Waals surface area contributed by atoms with Gasteiger partial charge in [-0.05, 0) is 29.8 Å². The van der Waals surface area contributed by atoms with E-state index >= 15 is 0 Å². The van der Waals surface area contributed by atoms with Crippen LogP contribution in [-0.2, 0) is 10.5 Å². The summed E-state index contributed by atoms with van der Waals surface area (Å²) in [7, 11) is 1.37. The summed E-state index contributed by atoms with van der Waals surface area (Å²) in [6.07, 6.45) is 1.72. The van der Waals surface area contributed by atoms with Crippen molar-refractivity contribution in [3.8, 4) is 0 Å². The summed E-state index contributed by atoms with van der Waals surface area (Å²) in [5.41, 5.74) is 1.64. The number of hydrogen-bond acceptors (Lipinski definition) is 4. The topological polar surface area (TPSA) is 39.2 Å². The normalized spacial score (nSPS) is 10.2. The molecule has 0 aliphatic carbocycles. The molecule has 19 heavy (non-hydrogen) atoms. The van der Waals surface area contributed by atoms with Crippen LogP contribution >= 0.6 is 23.4 Å². The molecule has 2 aromatic rings. The van der Waals surface area contributed by atoms with E-state index in [4.69, 9.17) is 11.6 Å². The first-order chi connectivity index (χ1) is 9.20. The number of hydrogen-bond donors (Lipinski definition) is 0. The van der Waals surface area contributed by atoms with E-state index in [1.807, 2.05) is 18.2 Å². The first kappa shape index (κ1) is 13.9. The van der Waals surface area contributed by atoms with Crippen LogP contribution in [-0.4, -0.2) is 18.1 Å². The summed E-state index contributed by atoms with van der Waals surface area (Å²) in [5, 5.41) is 1.46. The highest BCUT2D eigenvalue weighted by Crippen LogP contribution is 2.27. The van der Waals surface area contributed by atoms with Crippen molar-refractivity contribution in [2.24, 2.45) is 0 Å². The highest BCUT2D eigenvalue weighted by atomic mass is 35.5. The third-order valence-corrected chi connectivity index (χ3v) is 3.97. The van der Waals surface area contributed by atoms with Crippen molar-refractivity contribution >= 4 is 29.3 Å². The number of benzene rings is 1. The third kappa shape index (κ3) is 3.72. The molecule has 0 saturated carbocycles. The lowest BCUT2D eigenvalue weighted by Gasteiger charge is -2.04. The van der Waals surface area contributed by atoms with Gasteiger partial charge in [0.2, 0.25) is 0 Å². The molecule has 3 nitrogen and oxygen atoms in total. The van der Waals surface area contributed by atoms with Crippen molar-refractivity contribution in [2.75, 3.05) is 7.11 Å². The quantitative estimate of drug-likeness (QED) is 0.635. The molecule has 0 N–H and O–H groups in total. The molecular weight excluding hydrogens is 282 g/mol. The number of rotatable bonds is 4. The van der Waals surface area contributed by atoms with Crippen LogP contribution in [0.25, 0.3) is 0 Å². The van der Waals surface area contributed by atoms with Gasteiger partial charge in [-0.2, -0.15) is 0 Å². The smallest absolute Gasteiger partial charge is 0.337 e. The van der Waals surface area contributed by atoms with Gasteiger partial charge in [-0.15, -0.1) is 11.8 Å². The highest BCUT2D eigenvalue weighted by molar-refractivity contribution is 7.98. The molecule has 98 valence electrons. The monoisotopic (exact) mass is 293 g/mol. The summed E-state index contributed by atoms with van der Waals surface area (Å²) >= 11 is 7.59. The van der Waals surface area contributed by atoms with Crippen molar-refractivity contribution in [3.63, 3.8) is 0 Å². The Hall–Kier alpha value is -1.52. The van der Waals surface area contributed by atoms with Crippen LogP contribution in [0.5, 0.6) is 0 Å². The molecule has 1 aromatic carbocycles. The summed E-state index contributed by atoms with van der Waals surface area (Å²) in [5.74, 6) is 0.421. The van der Waals surface area contributed by atoms with Gasteiger partial charge in [0.1, 0.15) is 5.03 Å². The number of methoxy groups -OCH3 is 1. The highest BCUT2D eigenvalue weighted by Gasteiger charge is 2.05. The fraction of sp³-hybridized carbons (Fsp3) is 0.143. The Morgan fingerprint density at radius 2 is 2.05 bits per heavy atom. The molecule has 0 unspecified atom stereocenters. The van der Waals surface area contributed by atoms with Crippen molar-refractivity contribution in [2.45, 2.75) is 10.8 Å². The van der Waals surface area contributed by atoms with Gasteiger partial charge in [0, 0.05) is 11.9 Å². The molecule has 1 heterocycles. The van der Waals surface area contributed by atoms with E-state index in [9.17, 15) is 4.79 Å². The molecule has 2 rings (SSSR count). The largest absolute Gasteiger partial charge is 0.465 e. The minimum Gasteiger partial charge on any atom is -0.465 e. The lowest BCUT2D eigenvalue weighted by atomic mass is 10.1. The number of pyridine rings is 1. The number of nitrogens with zero attached hydrogens (tertiary/aromatic N) is 1. The molecular formula is C14H12ClNO2S. The van der Waals surface area contributed by atoms with Crippen molar-refractivity contribution in [1.29, 1.82) is 0 Å². The van der Waals surface area contributed by atoms with E-state index in [-0.39, 0.29) is 5.97 Å². The Morgan fingerprint density at radius 1 is 1.32 bits per heavy atom. The number of thioether (sulfide) groups is 1. The maximum Gasteiger partial charge on any atom is 0.337 e. The van der Waals surface area contributed by atoms with Crippen molar-refractivity contribution < 1.29 is 9.53 Å². The number of esters is 1. The molecule has 0 amide bonds. The van der Waals surface area contributed by atoms with Crippen LogP contribution in [0.3, 0.4) is 0 Å². The van der Waals surface area contributed by atoms with Crippen molar-refractivity contribution in [3.05, 3.63) is 58.7 Å². The van der Waals surface area contributed by atoms with Gasteiger partial charge >= 0.3 is 5.97 Å². The summed E-state index contributed by atoms with van der Waals surface area (Å²) in [6.45, 7) is 0. The number of ether oxygens (including phenoxy) is 1. The van der Waals surface area contributed by atoms with Gasteiger partial charge in [-0.1, -0.05) is 23.7 Å². The molecule has 0 atom stereocenters. The Labute approximate surface area is 121 Å². The summed E-state index contributed by atoms with van der Waals surface area (Å²) in [4.78, 5) is 15.5. The van der Waals surface area contributed by atoms with Crippen LogP contribution in [0.4, 0.5) is 0 Å². The number of halogens is 1.